The first kappa shape index (κ1) is 56.2. The number of nitrogens with zero attached hydrogens (tertiary/aromatic N) is 2. The molecule has 11 heteroatoms. The van der Waals surface area contributed by atoms with Crippen LogP contribution in [0, 0.1) is 16.2 Å². The van der Waals surface area contributed by atoms with Gasteiger partial charge in [0.15, 0.2) is 17.3 Å². The first-order valence-corrected chi connectivity index (χ1v) is 23.9. The van der Waals surface area contributed by atoms with E-state index < -0.39 is 27.3 Å². The van der Waals surface area contributed by atoms with Crippen LogP contribution in [0.3, 0.4) is 0 Å². The van der Waals surface area contributed by atoms with Gasteiger partial charge in [0.25, 0.3) is 0 Å². The van der Waals surface area contributed by atoms with Crippen LogP contribution in [0.1, 0.15) is 195 Å². The van der Waals surface area contributed by atoms with Crippen molar-refractivity contribution in [3.8, 4) is 0 Å². The number of likely N-dealkylation sites (tertiary alicyclic amines) is 2. The molecular weight excluding hydrogens is 793 g/mol. The number of nitrogens with one attached hydrogen (secondary N) is 2. The molecule has 2 fully saturated rings. The molecule has 0 saturated carbocycles. The second-order valence-electron chi connectivity index (χ2n) is 24.7. The Labute approximate surface area is 384 Å². The number of esters is 1. The molecule has 2 aliphatic heterocycles. The third-order valence-electron chi connectivity index (χ3n) is 11.8. The highest BCUT2D eigenvalue weighted by Crippen LogP contribution is 2.36. The molecule has 11 nitrogen and oxygen atoms in total. The lowest BCUT2D eigenvalue weighted by Crippen LogP contribution is -2.63. The average Bonchev–Trinajstić information content (AvgIpc) is 3.74. The first-order chi connectivity index (χ1) is 28.5. The zero-order chi connectivity index (χ0) is 48.5. The molecule has 1 amide bonds. The maximum absolute atomic E-state index is 14.3. The number of Topliss-reactive ketones (excluding diaryl/α,β-unsaturated/α-hetero) is 3. The highest BCUT2D eigenvalue weighted by atomic mass is 16.6. The van der Waals surface area contributed by atoms with Crippen LogP contribution >= 0.6 is 0 Å². The number of carbonyl (C=O) groups excluding carboxylic acids is 5. The van der Waals surface area contributed by atoms with E-state index >= 15 is 0 Å². The van der Waals surface area contributed by atoms with Gasteiger partial charge >= 0.3 is 12.1 Å². The second-order valence-corrected chi connectivity index (χ2v) is 24.7. The standard InChI is InChI=1S/C52H92N4O7/c1-45(2,3)41(58)39-35-38(36-56(39)50(16,17)18)63-40(57)29-25-21-23-27-31-51(53-48(10,11)12,42(59)46(4,5)6)30-26-22-19-20-24-28-34-62-44(61)55-33-32-52(37-55,54-49(13,14)15)43(60)47(7,8)9/h19-21,25,38-39,53-54H,22-24,26-37H2,1-18H3/b20-19+,25-21+/t38-,39+,51?,52-/m0/s1. The Kier molecular flexibility index (Phi) is 19.7. The lowest BCUT2D eigenvalue weighted by molar-refractivity contribution is -0.147. The minimum atomic E-state index is -0.795. The number of amides is 1. The summed E-state index contributed by atoms with van der Waals surface area (Å²) < 4.78 is 11.5. The van der Waals surface area contributed by atoms with Crippen molar-refractivity contribution in [1.29, 1.82) is 0 Å². The minimum Gasteiger partial charge on any atom is -0.461 e. The molecule has 2 N–H and O–H groups in total. The van der Waals surface area contributed by atoms with Gasteiger partial charge in [0.05, 0.1) is 30.1 Å². The topological polar surface area (TPSA) is 134 Å². The van der Waals surface area contributed by atoms with Gasteiger partial charge in [-0.1, -0.05) is 86.6 Å². The Bertz CT molecular complexity index is 1610. The summed E-state index contributed by atoms with van der Waals surface area (Å²) in [5, 5.41) is 7.31. The number of ether oxygens (including phenoxy) is 2. The highest BCUT2D eigenvalue weighted by Gasteiger charge is 2.51. The molecule has 0 bridgehead atoms. The molecule has 0 aromatic carbocycles. The molecule has 0 radical (unpaired) electrons. The number of hydrogen-bond acceptors (Lipinski definition) is 10. The largest absolute Gasteiger partial charge is 0.461 e. The Morgan fingerprint density at radius 1 is 0.683 bits per heavy atom. The van der Waals surface area contributed by atoms with Crippen molar-refractivity contribution in [3.05, 3.63) is 24.3 Å². The Morgan fingerprint density at radius 3 is 1.70 bits per heavy atom. The summed E-state index contributed by atoms with van der Waals surface area (Å²) in [7, 11) is 0. The van der Waals surface area contributed by atoms with Crippen LogP contribution in [0.15, 0.2) is 24.3 Å². The van der Waals surface area contributed by atoms with E-state index in [0.29, 0.717) is 58.3 Å². The minimum absolute atomic E-state index is 0.113. The summed E-state index contributed by atoms with van der Waals surface area (Å²) in [6.45, 7) is 38.0. The van der Waals surface area contributed by atoms with E-state index in [1.807, 2.05) is 95.2 Å². The van der Waals surface area contributed by atoms with E-state index in [1.54, 1.807) is 4.90 Å². The molecule has 4 atom stereocenters. The fourth-order valence-corrected chi connectivity index (χ4v) is 9.35. The molecule has 2 rings (SSSR count). The van der Waals surface area contributed by atoms with Crippen molar-refractivity contribution in [3.63, 3.8) is 0 Å². The molecule has 0 aromatic rings. The molecule has 2 aliphatic rings. The van der Waals surface area contributed by atoms with E-state index in [-0.39, 0.29) is 64.6 Å². The summed E-state index contributed by atoms with van der Waals surface area (Å²) in [4.78, 5) is 70.9. The van der Waals surface area contributed by atoms with Crippen LogP contribution in [-0.2, 0) is 28.7 Å². The molecular formula is C52H92N4O7. The average molecular weight is 885 g/mol. The van der Waals surface area contributed by atoms with Crippen molar-refractivity contribution in [2.45, 2.75) is 235 Å². The molecule has 362 valence electrons. The number of rotatable bonds is 20. The monoisotopic (exact) mass is 885 g/mol. The smallest absolute Gasteiger partial charge is 0.409 e. The molecule has 1 unspecified atom stereocenters. The van der Waals surface area contributed by atoms with Crippen LogP contribution in [0.4, 0.5) is 4.79 Å². The number of unbranched alkanes of at least 4 members (excludes halogenated alkanes) is 3. The van der Waals surface area contributed by atoms with Gasteiger partial charge in [0.1, 0.15) is 6.10 Å². The van der Waals surface area contributed by atoms with Gasteiger partial charge in [-0.05, 0) is 120 Å². The third kappa shape index (κ3) is 18.1. The number of ketones is 3. The molecule has 63 heavy (non-hydrogen) atoms. The maximum atomic E-state index is 14.3. The SMILES string of the molecule is CC(C)(C)NC(CCC/C=C/CCCOC(=O)N1CC[C@@](NC(C)(C)C)(C(=O)C(C)(C)C)C1)(CCC/C=C/CC(=O)O[C@H]1C[C@H](C(=O)C(C)(C)C)N(C(C)(C)C)C1)C(=O)C(C)(C)C. The van der Waals surface area contributed by atoms with Crippen molar-refractivity contribution < 1.29 is 33.4 Å². The van der Waals surface area contributed by atoms with Crippen molar-refractivity contribution in [1.82, 2.24) is 20.4 Å². The van der Waals surface area contributed by atoms with E-state index in [9.17, 15) is 24.0 Å². The van der Waals surface area contributed by atoms with Gasteiger partial charge in [-0.15, -0.1) is 0 Å². The first-order valence-electron chi connectivity index (χ1n) is 23.9. The second kappa shape index (κ2) is 22.1. The fourth-order valence-electron chi connectivity index (χ4n) is 9.35. The van der Waals surface area contributed by atoms with Crippen molar-refractivity contribution >= 4 is 29.4 Å². The highest BCUT2D eigenvalue weighted by molar-refractivity contribution is 5.94. The van der Waals surface area contributed by atoms with E-state index in [1.165, 1.54) is 0 Å². The van der Waals surface area contributed by atoms with Gasteiger partial charge in [-0.25, -0.2) is 4.79 Å². The van der Waals surface area contributed by atoms with Gasteiger partial charge in [0.2, 0.25) is 0 Å². The summed E-state index contributed by atoms with van der Waals surface area (Å²) in [5.74, 6) is 0.207. The zero-order valence-electron chi connectivity index (χ0n) is 43.3. The number of carbonyl (C=O) groups is 5. The number of hydrogen-bond donors (Lipinski definition) is 2. The van der Waals surface area contributed by atoms with Gasteiger partial charge < -0.3 is 19.7 Å². The number of allylic oxidation sites excluding steroid dienone is 3. The Morgan fingerprint density at radius 2 is 1.22 bits per heavy atom. The van der Waals surface area contributed by atoms with Crippen LogP contribution in [0.5, 0.6) is 0 Å². The van der Waals surface area contributed by atoms with E-state index in [2.05, 4.69) is 69.2 Å². The van der Waals surface area contributed by atoms with E-state index in [4.69, 9.17) is 9.47 Å². The Balaban J connectivity index is 1.93. The predicted molar refractivity (Wildman–Crippen MR) is 257 cm³/mol. The van der Waals surface area contributed by atoms with Crippen LogP contribution in [0.25, 0.3) is 0 Å². The zero-order valence-corrected chi connectivity index (χ0v) is 43.3. The molecule has 0 aliphatic carbocycles. The third-order valence-corrected chi connectivity index (χ3v) is 11.8. The summed E-state index contributed by atoms with van der Waals surface area (Å²) >= 11 is 0. The molecule has 2 saturated heterocycles. The quantitative estimate of drug-likeness (QED) is 0.0691. The molecule has 0 spiro atoms. The predicted octanol–water partition coefficient (Wildman–Crippen LogP) is 10.3. The fraction of sp³-hybridized carbons (Fsp3) is 0.827. The van der Waals surface area contributed by atoms with Crippen LogP contribution in [0.2, 0.25) is 0 Å². The van der Waals surface area contributed by atoms with Crippen molar-refractivity contribution in [2.75, 3.05) is 26.2 Å². The van der Waals surface area contributed by atoms with Crippen molar-refractivity contribution in [2.24, 2.45) is 16.2 Å². The van der Waals surface area contributed by atoms with Gasteiger partial charge in [-0.2, -0.15) is 0 Å². The maximum Gasteiger partial charge on any atom is 0.409 e. The van der Waals surface area contributed by atoms with E-state index in [0.717, 1.165) is 32.1 Å². The van der Waals surface area contributed by atoms with Gasteiger partial charge in [0, 0.05) is 58.9 Å². The normalized spacial score (nSPS) is 21.9. The summed E-state index contributed by atoms with van der Waals surface area (Å²) in [6.07, 6.45) is 14.7. The van der Waals surface area contributed by atoms with Gasteiger partial charge in [-0.3, -0.25) is 29.4 Å². The molecule has 2 heterocycles. The lowest BCUT2D eigenvalue weighted by Gasteiger charge is -2.43. The van der Waals surface area contributed by atoms with Crippen LogP contribution < -0.4 is 10.6 Å². The lowest BCUT2D eigenvalue weighted by atomic mass is 9.72. The summed E-state index contributed by atoms with van der Waals surface area (Å²) in [5.41, 5.74) is -3.84. The Hall–Kier alpha value is -2.89. The molecule has 0 aromatic heterocycles. The van der Waals surface area contributed by atoms with Crippen LogP contribution in [-0.4, -0.2) is 105 Å². The summed E-state index contributed by atoms with van der Waals surface area (Å²) in [6, 6.07) is -0.274.